The second kappa shape index (κ2) is 6.36. The monoisotopic (exact) mass is 329 g/mol. The van der Waals surface area contributed by atoms with Crippen LogP contribution in [-0.4, -0.2) is 41.0 Å². The number of nitrogens with one attached hydrogen (secondary N) is 1. The summed E-state index contributed by atoms with van der Waals surface area (Å²) in [5, 5.41) is 3.40. The highest BCUT2D eigenvalue weighted by atomic mass is 19.1. The Balaban J connectivity index is 1.47. The maximum absolute atomic E-state index is 13.0. The lowest BCUT2D eigenvalue weighted by molar-refractivity contribution is -0.133. The molecule has 4 rings (SSSR count). The van der Waals surface area contributed by atoms with Crippen molar-refractivity contribution in [2.75, 3.05) is 13.1 Å². The Morgan fingerprint density at radius 2 is 2.04 bits per heavy atom. The zero-order chi connectivity index (χ0) is 16.5. The Morgan fingerprint density at radius 1 is 1.25 bits per heavy atom. The predicted octanol–water partition coefficient (Wildman–Crippen LogP) is 2.38. The number of amides is 1. The molecule has 0 aliphatic carbocycles. The van der Waals surface area contributed by atoms with Gasteiger partial charge in [-0.05, 0) is 50.1 Å². The van der Waals surface area contributed by atoms with E-state index in [0.29, 0.717) is 29.2 Å². The number of hydrogen-bond donors (Lipinski definition) is 1. The molecule has 0 radical (unpaired) electrons. The van der Waals surface area contributed by atoms with E-state index in [2.05, 4.69) is 10.3 Å². The van der Waals surface area contributed by atoms with E-state index < -0.39 is 0 Å². The lowest BCUT2D eigenvalue weighted by atomic mass is 10.1. The first kappa shape index (κ1) is 15.3. The molecule has 5 nitrogen and oxygen atoms in total. The van der Waals surface area contributed by atoms with Gasteiger partial charge in [-0.2, -0.15) is 0 Å². The van der Waals surface area contributed by atoms with Crippen molar-refractivity contribution in [2.45, 2.75) is 37.8 Å². The maximum Gasteiger partial charge on any atom is 0.229 e. The molecule has 6 heteroatoms. The second-order valence-corrected chi connectivity index (χ2v) is 6.51. The largest absolute Gasteiger partial charge is 0.444 e. The fourth-order valence-corrected chi connectivity index (χ4v) is 3.75. The molecule has 1 aromatic carbocycles. The van der Waals surface area contributed by atoms with Crippen molar-refractivity contribution < 1.29 is 13.6 Å². The highest BCUT2D eigenvalue weighted by Crippen LogP contribution is 2.29. The van der Waals surface area contributed by atoms with Crippen LogP contribution < -0.4 is 5.32 Å². The zero-order valence-electron chi connectivity index (χ0n) is 13.4. The molecule has 0 spiro atoms. The molecule has 0 saturated carbocycles. The van der Waals surface area contributed by atoms with Crippen molar-refractivity contribution in [3.8, 4) is 11.5 Å². The van der Waals surface area contributed by atoms with Crippen LogP contribution >= 0.6 is 0 Å². The van der Waals surface area contributed by atoms with E-state index in [1.165, 1.54) is 18.4 Å². The smallest absolute Gasteiger partial charge is 0.229 e. The number of oxazole rings is 1. The molecule has 2 fully saturated rings. The summed E-state index contributed by atoms with van der Waals surface area (Å²) in [6.45, 7) is 1.85. The van der Waals surface area contributed by atoms with E-state index in [1.807, 2.05) is 4.90 Å². The Labute approximate surface area is 139 Å². The lowest BCUT2D eigenvalue weighted by Gasteiger charge is -2.27. The molecule has 2 aromatic rings. The highest BCUT2D eigenvalue weighted by Gasteiger charge is 2.37. The van der Waals surface area contributed by atoms with Crippen LogP contribution in [0.25, 0.3) is 11.5 Å². The molecule has 1 amide bonds. The number of nitrogens with zero attached hydrogens (tertiary/aromatic N) is 2. The van der Waals surface area contributed by atoms with E-state index >= 15 is 0 Å². The number of carbonyl (C=O) groups excluding carboxylic acids is 1. The minimum atomic E-state index is -0.300. The van der Waals surface area contributed by atoms with Gasteiger partial charge in [-0.1, -0.05) is 0 Å². The van der Waals surface area contributed by atoms with Gasteiger partial charge >= 0.3 is 0 Å². The van der Waals surface area contributed by atoms with Gasteiger partial charge in [0.25, 0.3) is 0 Å². The van der Waals surface area contributed by atoms with Gasteiger partial charge in [-0.15, -0.1) is 0 Å². The summed E-state index contributed by atoms with van der Waals surface area (Å²) in [5.41, 5.74) is 1.32. The average molecular weight is 329 g/mol. The van der Waals surface area contributed by atoms with Crippen LogP contribution in [-0.2, 0) is 11.2 Å². The molecule has 1 N–H and O–H groups in total. The summed E-state index contributed by atoms with van der Waals surface area (Å²) in [6.07, 6.45) is 4.95. The highest BCUT2D eigenvalue weighted by molar-refractivity contribution is 5.79. The number of fused-ring (bicyclic) bond motifs is 2. The van der Waals surface area contributed by atoms with Crippen LogP contribution in [0.15, 0.2) is 34.9 Å². The molecule has 3 heterocycles. The third-order valence-corrected chi connectivity index (χ3v) is 4.92. The minimum absolute atomic E-state index is 0.116. The predicted molar refractivity (Wildman–Crippen MR) is 86.7 cm³/mol. The molecule has 2 aliphatic heterocycles. The molecule has 1 aromatic heterocycles. The maximum atomic E-state index is 13.0. The third-order valence-electron chi connectivity index (χ3n) is 4.92. The Hall–Kier alpha value is -2.21. The molecule has 2 saturated heterocycles. The van der Waals surface area contributed by atoms with E-state index in [0.717, 1.165) is 32.4 Å². The zero-order valence-corrected chi connectivity index (χ0v) is 13.4. The number of benzene rings is 1. The van der Waals surface area contributed by atoms with Crippen LogP contribution in [0, 0.1) is 5.82 Å². The summed E-state index contributed by atoms with van der Waals surface area (Å²) in [4.78, 5) is 19.2. The Bertz CT molecular complexity index is 714. The van der Waals surface area contributed by atoms with Gasteiger partial charge in [0.2, 0.25) is 11.8 Å². The molecule has 24 heavy (non-hydrogen) atoms. The normalized spacial score (nSPS) is 23.3. The summed E-state index contributed by atoms with van der Waals surface area (Å²) in [7, 11) is 0. The van der Waals surface area contributed by atoms with Crippen molar-refractivity contribution in [1.29, 1.82) is 0 Å². The van der Waals surface area contributed by atoms with Crippen LogP contribution in [0.3, 0.4) is 0 Å². The standard InChI is InChI=1S/C18H20FN3O2/c19-13-3-1-12(2-4-13)18-21-14(11-24-18)9-17(23)22-15-5-6-16(22)10-20-8-7-15/h1-4,11,15-16,20H,5-10H2. The van der Waals surface area contributed by atoms with E-state index in [1.54, 1.807) is 12.1 Å². The fraction of sp³-hybridized carbons (Fsp3) is 0.444. The van der Waals surface area contributed by atoms with Gasteiger partial charge in [0.1, 0.15) is 12.1 Å². The first-order chi connectivity index (χ1) is 11.7. The van der Waals surface area contributed by atoms with Crippen LogP contribution in [0.4, 0.5) is 4.39 Å². The fourth-order valence-electron chi connectivity index (χ4n) is 3.75. The van der Waals surface area contributed by atoms with Crippen molar-refractivity contribution in [1.82, 2.24) is 15.2 Å². The summed E-state index contributed by atoms with van der Waals surface area (Å²) in [6, 6.07) is 6.62. The molecular formula is C18H20FN3O2. The van der Waals surface area contributed by atoms with Gasteiger partial charge in [-0.3, -0.25) is 4.79 Å². The third kappa shape index (κ3) is 2.94. The number of carbonyl (C=O) groups is 1. The molecule has 2 unspecified atom stereocenters. The topological polar surface area (TPSA) is 58.4 Å². The Morgan fingerprint density at radius 3 is 2.88 bits per heavy atom. The van der Waals surface area contributed by atoms with Crippen LogP contribution in [0.5, 0.6) is 0 Å². The average Bonchev–Trinajstić information content (AvgIpc) is 3.11. The van der Waals surface area contributed by atoms with Gasteiger partial charge < -0.3 is 14.6 Å². The lowest BCUT2D eigenvalue weighted by Crippen LogP contribution is -2.43. The molecule has 2 aliphatic rings. The van der Waals surface area contributed by atoms with E-state index in [-0.39, 0.29) is 18.1 Å². The van der Waals surface area contributed by atoms with Gasteiger partial charge in [-0.25, -0.2) is 9.37 Å². The molecular weight excluding hydrogens is 309 g/mol. The van der Waals surface area contributed by atoms with E-state index in [9.17, 15) is 9.18 Å². The Kier molecular flexibility index (Phi) is 4.06. The molecule has 2 bridgehead atoms. The number of hydrogen-bond acceptors (Lipinski definition) is 4. The second-order valence-electron chi connectivity index (χ2n) is 6.51. The summed E-state index contributed by atoms with van der Waals surface area (Å²) >= 11 is 0. The first-order valence-electron chi connectivity index (χ1n) is 8.43. The van der Waals surface area contributed by atoms with Crippen molar-refractivity contribution in [3.05, 3.63) is 42.0 Å². The van der Waals surface area contributed by atoms with Gasteiger partial charge in [0.15, 0.2) is 0 Å². The van der Waals surface area contributed by atoms with Gasteiger partial charge in [0, 0.05) is 24.2 Å². The van der Waals surface area contributed by atoms with Crippen molar-refractivity contribution in [2.24, 2.45) is 0 Å². The molecule has 2 atom stereocenters. The van der Waals surface area contributed by atoms with Crippen molar-refractivity contribution >= 4 is 5.91 Å². The van der Waals surface area contributed by atoms with Crippen molar-refractivity contribution in [3.63, 3.8) is 0 Å². The SMILES string of the molecule is O=C(Cc1coc(-c2ccc(F)cc2)n1)N1C2CCNCC1CC2. The first-order valence-corrected chi connectivity index (χ1v) is 8.43. The summed E-state index contributed by atoms with van der Waals surface area (Å²) < 4.78 is 18.4. The number of rotatable bonds is 3. The van der Waals surface area contributed by atoms with Crippen LogP contribution in [0.2, 0.25) is 0 Å². The number of halogens is 1. The molecule has 126 valence electrons. The van der Waals surface area contributed by atoms with Gasteiger partial charge in [0.05, 0.1) is 12.1 Å². The number of aromatic nitrogens is 1. The van der Waals surface area contributed by atoms with Crippen LogP contribution in [0.1, 0.15) is 25.0 Å². The van der Waals surface area contributed by atoms with E-state index in [4.69, 9.17) is 4.42 Å². The quantitative estimate of drug-likeness (QED) is 0.939. The summed E-state index contributed by atoms with van der Waals surface area (Å²) in [5.74, 6) is 0.231. The minimum Gasteiger partial charge on any atom is -0.444 e.